The molecule has 0 spiro atoms. The van der Waals surface area contributed by atoms with Crippen molar-refractivity contribution in [2.45, 2.75) is 25.5 Å². The maximum Gasteiger partial charge on any atom is 0.242 e. The first-order chi connectivity index (χ1) is 14.4. The highest BCUT2D eigenvalue weighted by molar-refractivity contribution is 8.15. The summed E-state index contributed by atoms with van der Waals surface area (Å²) in [6.07, 6.45) is 1.72. The van der Waals surface area contributed by atoms with E-state index >= 15 is 0 Å². The first-order valence-corrected chi connectivity index (χ1v) is 10.5. The summed E-state index contributed by atoms with van der Waals surface area (Å²) in [6, 6.07) is 13.1. The second-order valence-electron chi connectivity index (χ2n) is 6.96. The number of carbonyl (C=O) groups excluding carboxylic acids is 2. The molecule has 1 fully saturated rings. The fraction of sp³-hybridized carbons (Fsp3) is 0.261. The smallest absolute Gasteiger partial charge is 0.242 e. The Morgan fingerprint density at radius 2 is 1.97 bits per heavy atom. The maximum atomic E-state index is 12.9. The van der Waals surface area contributed by atoms with Crippen LogP contribution in [0.25, 0.3) is 0 Å². The molecule has 0 radical (unpaired) electrons. The Bertz CT molecular complexity index is 983. The Morgan fingerprint density at radius 1 is 1.27 bits per heavy atom. The monoisotopic (exact) mass is 423 g/mol. The van der Waals surface area contributed by atoms with Crippen molar-refractivity contribution >= 4 is 40.1 Å². The van der Waals surface area contributed by atoms with Crippen LogP contribution in [0.2, 0.25) is 0 Å². The minimum Gasteiger partial charge on any atom is -0.497 e. The summed E-state index contributed by atoms with van der Waals surface area (Å²) in [5.41, 5.74) is 3.55. The number of para-hydroxylation sites is 1. The van der Waals surface area contributed by atoms with E-state index in [1.807, 2.05) is 32.0 Å². The first kappa shape index (κ1) is 21.6. The van der Waals surface area contributed by atoms with E-state index in [0.29, 0.717) is 23.1 Å². The number of carbonyl (C=O) groups is 2. The second-order valence-corrected chi connectivity index (χ2v) is 8.13. The molecule has 1 heterocycles. The Labute approximate surface area is 181 Å². The Balaban J connectivity index is 1.77. The van der Waals surface area contributed by atoms with E-state index in [2.05, 4.69) is 11.9 Å². The first-order valence-electron chi connectivity index (χ1n) is 9.60. The van der Waals surface area contributed by atoms with Crippen molar-refractivity contribution in [1.29, 1.82) is 0 Å². The third-order valence-electron chi connectivity index (χ3n) is 4.70. The molecular weight excluding hydrogens is 398 g/mol. The molecule has 1 aliphatic heterocycles. The van der Waals surface area contributed by atoms with Gasteiger partial charge in [-0.25, -0.2) is 4.99 Å². The van der Waals surface area contributed by atoms with E-state index in [1.165, 1.54) is 11.8 Å². The fourth-order valence-corrected chi connectivity index (χ4v) is 4.33. The van der Waals surface area contributed by atoms with Crippen LogP contribution in [0.5, 0.6) is 5.75 Å². The van der Waals surface area contributed by atoms with E-state index in [-0.39, 0.29) is 18.2 Å². The van der Waals surface area contributed by atoms with Gasteiger partial charge < -0.3 is 10.1 Å². The summed E-state index contributed by atoms with van der Waals surface area (Å²) >= 11 is 1.32. The fourth-order valence-electron chi connectivity index (χ4n) is 3.18. The molecule has 0 unspecified atom stereocenters. The van der Waals surface area contributed by atoms with Crippen molar-refractivity contribution in [2.24, 2.45) is 4.99 Å². The number of rotatable bonds is 7. The highest BCUT2D eigenvalue weighted by Crippen LogP contribution is 2.33. The zero-order valence-electron chi connectivity index (χ0n) is 17.3. The number of aliphatic imine (C=N–C) groups is 1. The van der Waals surface area contributed by atoms with E-state index < -0.39 is 5.25 Å². The lowest BCUT2D eigenvalue weighted by atomic mass is 10.1. The van der Waals surface area contributed by atoms with Crippen LogP contribution < -0.4 is 10.1 Å². The van der Waals surface area contributed by atoms with Gasteiger partial charge in [0.15, 0.2) is 5.17 Å². The molecule has 1 aliphatic rings. The van der Waals surface area contributed by atoms with Crippen molar-refractivity contribution in [3.8, 4) is 5.75 Å². The van der Waals surface area contributed by atoms with Crippen molar-refractivity contribution in [3.05, 3.63) is 66.2 Å². The van der Waals surface area contributed by atoms with Gasteiger partial charge in [0.2, 0.25) is 11.8 Å². The second kappa shape index (κ2) is 9.63. The van der Waals surface area contributed by atoms with Crippen LogP contribution in [0, 0.1) is 13.8 Å². The van der Waals surface area contributed by atoms with Crippen molar-refractivity contribution in [3.63, 3.8) is 0 Å². The van der Waals surface area contributed by atoms with Gasteiger partial charge in [-0.2, -0.15) is 0 Å². The van der Waals surface area contributed by atoms with Crippen molar-refractivity contribution in [2.75, 3.05) is 19.0 Å². The van der Waals surface area contributed by atoms with Gasteiger partial charge in [0.1, 0.15) is 11.0 Å². The third-order valence-corrected chi connectivity index (χ3v) is 5.88. The summed E-state index contributed by atoms with van der Waals surface area (Å²) < 4.78 is 5.18. The standard InChI is InChI=1S/C23H25N3O3S/c1-5-12-26-22(28)19(14-20(27)24-17-10-7-11-18(13-17)29-4)30-23(26)25-21-15(2)8-6-9-16(21)3/h5-11,13,19H,1,12,14H2,2-4H3,(H,24,27)/t19-/m1/s1. The summed E-state index contributed by atoms with van der Waals surface area (Å²) in [6.45, 7) is 8.08. The number of nitrogens with zero attached hydrogens (tertiary/aromatic N) is 2. The number of amidine groups is 1. The highest BCUT2D eigenvalue weighted by atomic mass is 32.2. The molecule has 0 aliphatic carbocycles. The molecule has 156 valence electrons. The molecule has 30 heavy (non-hydrogen) atoms. The molecule has 1 saturated heterocycles. The number of benzene rings is 2. The normalized spacial score (nSPS) is 17.3. The quantitative estimate of drug-likeness (QED) is 0.668. The van der Waals surface area contributed by atoms with Crippen LogP contribution in [-0.4, -0.2) is 40.8 Å². The summed E-state index contributed by atoms with van der Waals surface area (Å²) in [7, 11) is 1.57. The van der Waals surface area contributed by atoms with Gasteiger partial charge >= 0.3 is 0 Å². The predicted octanol–water partition coefficient (Wildman–Crippen LogP) is 4.46. The van der Waals surface area contributed by atoms with Crippen molar-refractivity contribution < 1.29 is 14.3 Å². The van der Waals surface area contributed by atoms with Gasteiger partial charge in [0, 0.05) is 24.7 Å². The lowest BCUT2D eigenvalue weighted by molar-refractivity contribution is -0.127. The Kier molecular flexibility index (Phi) is 6.95. The molecule has 3 rings (SSSR count). The number of amides is 2. The Morgan fingerprint density at radius 3 is 2.63 bits per heavy atom. The van der Waals surface area contributed by atoms with Crippen LogP contribution in [-0.2, 0) is 9.59 Å². The molecule has 0 bridgehead atoms. The number of anilines is 1. The highest BCUT2D eigenvalue weighted by Gasteiger charge is 2.38. The van der Waals surface area contributed by atoms with Gasteiger partial charge in [-0.1, -0.05) is 42.1 Å². The van der Waals surface area contributed by atoms with Gasteiger partial charge in [0.05, 0.1) is 12.8 Å². The number of thioether (sulfide) groups is 1. The predicted molar refractivity (Wildman–Crippen MR) is 123 cm³/mol. The third kappa shape index (κ3) is 4.91. The zero-order valence-corrected chi connectivity index (χ0v) is 18.2. The van der Waals surface area contributed by atoms with Gasteiger partial charge in [0.25, 0.3) is 0 Å². The van der Waals surface area contributed by atoms with E-state index in [4.69, 9.17) is 9.73 Å². The van der Waals surface area contributed by atoms with Gasteiger partial charge in [-0.05, 0) is 37.1 Å². The molecule has 1 N–H and O–H groups in total. The van der Waals surface area contributed by atoms with Crippen LogP contribution in [0.15, 0.2) is 60.1 Å². The SMILES string of the molecule is C=CCN1C(=O)[C@@H](CC(=O)Nc2cccc(OC)c2)SC1=Nc1c(C)cccc1C. The lowest BCUT2D eigenvalue weighted by Gasteiger charge is -2.14. The molecule has 2 amide bonds. The minimum atomic E-state index is -0.529. The molecule has 7 heteroatoms. The number of aryl methyl sites for hydroxylation is 2. The summed E-state index contributed by atoms with van der Waals surface area (Å²) in [4.78, 5) is 31.8. The van der Waals surface area contributed by atoms with E-state index in [0.717, 1.165) is 16.8 Å². The number of nitrogens with one attached hydrogen (secondary N) is 1. The molecule has 1 atom stereocenters. The molecular formula is C23H25N3O3S. The van der Waals surface area contributed by atoms with E-state index in [1.54, 1.807) is 42.4 Å². The number of ether oxygens (including phenoxy) is 1. The summed E-state index contributed by atoms with van der Waals surface area (Å²) in [5.74, 6) is 0.283. The molecule has 0 aromatic heterocycles. The zero-order chi connectivity index (χ0) is 21.7. The van der Waals surface area contributed by atoms with Crippen LogP contribution in [0.3, 0.4) is 0 Å². The van der Waals surface area contributed by atoms with Crippen LogP contribution in [0.4, 0.5) is 11.4 Å². The van der Waals surface area contributed by atoms with Crippen LogP contribution in [0.1, 0.15) is 17.5 Å². The average molecular weight is 424 g/mol. The van der Waals surface area contributed by atoms with Gasteiger partial charge in [-0.3, -0.25) is 14.5 Å². The summed E-state index contributed by atoms with van der Waals surface area (Å²) in [5, 5.41) is 2.90. The Hall–Kier alpha value is -3.06. The largest absolute Gasteiger partial charge is 0.497 e. The number of hydrogen-bond acceptors (Lipinski definition) is 5. The average Bonchev–Trinajstić information content (AvgIpc) is 3.00. The maximum absolute atomic E-state index is 12.9. The van der Waals surface area contributed by atoms with Crippen molar-refractivity contribution in [1.82, 2.24) is 4.90 Å². The van der Waals surface area contributed by atoms with Gasteiger partial charge in [-0.15, -0.1) is 6.58 Å². The molecule has 2 aromatic rings. The topological polar surface area (TPSA) is 71.0 Å². The number of methoxy groups -OCH3 is 1. The molecule has 6 nitrogen and oxygen atoms in total. The van der Waals surface area contributed by atoms with Crippen LogP contribution >= 0.6 is 11.8 Å². The molecule has 2 aromatic carbocycles. The molecule has 0 saturated carbocycles. The lowest BCUT2D eigenvalue weighted by Crippen LogP contribution is -2.33. The van der Waals surface area contributed by atoms with E-state index in [9.17, 15) is 9.59 Å². The number of hydrogen-bond donors (Lipinski definition) is 1. The minimum absolute atomic E-state index is 0.0557.